The van der Waals surface area contributed by atoms with Crippen LogP contribution >= 0.6 is 0 Å². The lowest BCUT2D eigenvalue weighted by molar-refractivity contribution is 0.206. The van der Waals surface area contributed by atoms with E-state index in [2.05, 4.69) is 31.9 Å². The van der Waals surface area contributed by atoms with Gasteiger partial charge in [0.25, 0.3) is 20.2 Å². The molecule has 0 spiro atoms. The Balaban J connectivity index is 1.37. The minimum atomic E-state index is -5.06. The van der Waals surface area contributed by atoms with Gasteiger partial charge in [-0.15, -0.1) is 20.7 Å². The Morgan fingerprint density at radius 1 is 0.619 bits per heavy atom. The molecule has 21 nitrogen and oxygen atoms in total. The number of para-hydroxylation sites is 2. The number of anilines is 3. The molecule has 0 radical (unpaired) electrons. The highest BCUT2D eigenvalue weighted by Crippen LogP contribution is 2.33. The zero-order valence-electron chi connectivity index (χ0n) is 33.5. The highest BCUT2D eigenvalue weighted by molar-refractivity contribution is 7.86. The van der Waals surface area contributed by atoms with Crippen LogP contribution in [0.2, 0.25) is 0 Å². The molecule has 334 valence electrons. The van der Waals surface area contributed by atoms with Gasteiger partial charge in [-0.25, -0.2) is 0 Å². The summed E-state index contributed by atoms with van der Waals surface area (Å²) in [6.07, 6.45) is 5.53. The van der Waals surface area contributed by atoms with Crippen LogP contribution in [0, 0.1) is 0 Å². The fraction of sp³-hybridized carbons (Fsp3) is 0.200. The molecule has 2 heterocycles. The van der Waals surface area contributed by atoms with Gasteiger partial charge >= 0.3 is 0 Å². The van der Waals surface area contributed by atoms with Gasteiger partial charge in [-0.3, -0.25) is 30.8 Å². The van der Waals surface area contributed by atoms with Crippen molar-refractivity contribution in [3.05, 3.63) is 125 Å². The van der Waals surface area contributed by atoms with E-state index in [0.29, 0.717) is 22.9 Å². The van der Waals surface area contributed by atoms with Crippen LogP contribution in [0.1, 0.15) is 22.3 Å². The van der Waals surface area contributed by atoms with Crippen molar-refractivity contribution in [1.29, 1.82) is 0 Å². The number of nitrogens with two attached hydrogens (primary N) is 1. The van der Waals surface area contributed by atoms with Crippen LogP contribution in [-0.4, -0.2) is 131 Å². The largest absolute Gasteiger partial charge is 0.397 e. The number of aliphatic hydroxyl groups is 4. The van der Waals surface area contributed by atoms with E-state index < -0.39 is 35.7 Å². The maximum Gasteiger partial charge on any atom is 0.297 e. The van der Waals surface area contributed by atoms with Gasteiger partial charge < -0.3 is 36.0 Å². The Labute approximate surface area is 363 Å². The third-order valence-electron chi connectivity index (χ3n) is 9.37. The number of hydrazone groups is 2. The topological polar surface area (TPSA) is 301 Å². The lowest BCUT2D eigenvalue weighted by Gasteiger charge is -2.32. The van der Waals surface area contributed by atoms with Crippen LogP contribution in [0.5, 0.6) is 0 Å². The fourth-order valence-corrected chi connectivity index (χ4v) is 8.04. The minimum absolute atomic E-state index is 0.0649. The van der Waals surface area contributed by atoms with Crippen molar-refractivity contribution in [2.75, 3.05) is 69.2 Å². The second kappa shape index (κ2) is 20.4. The number of benzene rings is 4. The van der Waals surface area contributed by atoms with Gasteiger partial charge in [0.2, 0.25) is 0 Å². The monoisotopic (exact) mass is 905 g/mol. The standard InChI is InChI=1S/C40H47N11O10S2/c41-39-33(35-27-38(49(19-23-54)20-24-55)47-51(45-35)43-32-9-5-2-6-10-32)16-15-29(40(39)63(59,60)61)13-11-28-12-14-30(25-36(28)62(56,57)58)34-26-37(48(17-21-52)18-22-53)46-50(44-34)42-31-7-3-1-4-8-31/h1-16,25-27,42-45,52-55H,17-24,41H2,(H,56,57,58)(H,59,60,61). The predicted molar refractivity (Wildman–Crippen MR) is 238 cm³/mol. The zero-order chi connectivity index (χ0) is 45.1. The lowest BCUT2D eigenvalue weighted by atomic mass is 10.0. The van der Waals surface area contributed by atoms with Crippen molar-refractivity contribution in [2.45, 2.75) is 9.79 Å². The molecule has 0 amide bonds. The summed E-state index contributed by atoms with van der Waals surface area (Å²) < 4.78 is 72.8. The first kappa shape index (κ1) is 45.8. The van der Waals surface area contributed by atoms with Gasteiger partial charge in [0, 0.05) is 49.5 Å². The second-order valence-corrected chi connectivity index (χ2v) is 16.4. The molecule has 23 heteroatoms. The summed E-state index contributed by atoms with van der Waals surface area (Å²) in [5.74, 6) is 0.547. The molecule has 6 rings (SSSR count). The van der Waals surface area contributed by atoms with Gasteiger partial charge in [-0.1, -0.05) is 72.8 Å². The quantitative estimate of drug-likeness (QED) is 0.0383. The molecular weight excluding hydrogens is 859 g/mol. The molecule has 0 aromatic heterocycles. The van der Waals surface area contributed by atoms with Crippen molar-refractivity contribution in [2.24, 2.45) is 10.2 Å². The molecule has 0 aliphatic carbocycles. The number of amidine groups is 2. The molecular formula is C40H47N11O10S2. The number of hydrogen-bond acceptors (Lipinski definition) is 19. The summed E-state index contributed by atoms with van der Waals surface area (Å²) in [6, 6.07) is 24.8. The number of hydrazine groups is 4. The average molecular weight is 906 g/mol. The molecule has 0 saturated carbocycles. The lowest BCUT2D eigenvalue weighted by Crippen LogP contribution is -2.45. The minimum Gasteiger partial charge on any atom is -0.397 e. The highest BCUT2D eigenvalue weighted by atomic mass is 32.2. The second-order valence-electron chi connectivity index (χ2n) is 13.7. The number of nitrogens with zero attached hydrogens (tertiary/aromatic N) is 6. The Kier molecular flexibility index (Phi) is 14.9. The van der Waals surface area contributed by atoms with Gasteiger partial charge in [0.1, 0.15) is 9.79 Å². The van der Waals surface area contributed by atoms with Crippen molar-refractivity contribution < 1.29 is 46.4 Å². The Hall–Kier alpha value is -6.70. The first-order valence-corrected chi connectivity index (χ1v) is 22.1. The number of nitrogen functional groups attached to an aromatic ring is 1. The van der Waals surface area contributed by atoms with Crippen molar-refractivity contribution >= 4 is 72.5 Å². The molecule has 0 fully saturated rings. The number of hydrogen-bond donors (Lipinski definition) is 11. The summed E-state index contributed by atoms with van der Waals surface area (Å²) in [7, 11) is -9.99. The van der Waals surface area contributed by atoms with Crippen LogP contribution in [0.25, 0.3) is 23.5 Å². The Morgan fingerprint density at radius 3 is 1.56 bits per heavy atom. The van der Waals surface area contributed by atoms with E-state index in [4.69, 9.17) is 5.73 Å². The first-order valence-electron chi connectivity index (χ1n) is 19.2. The molecule has 63 heavy (non-hydrogen) atoms. The van der Waals surface area contributed by atoms with Crippen LogP contribution < -0.4 is 27.4 Å². The van der Waals surface area contributed by atoms with Crippen molar-refractivity contribution in [3.63, 3.8) is 0 Å². The van der Waals surface area contributed by atoms with E-state index in [1.54, 1.807) is 64.4 Å². The molecule has 0 atom stereocenters. The fourth-order valence-electron chi connectivity index (χ4n) is 6.51. The molecule has 0 unspecified atom stereocenters. The van der Waals surface area contributed by atoms with E-state index in [0.717, 1.165) is 0 Å². The Morgan fingerprint density at radius 2 is 1.08 bits per heavy atom. The third kappa shape index (κ3) is 11.6. The Bertz CT molecular complexity index is 2620. The van der Waals surface area contributed by atoms with Gasteiger partial charge in [-0.05, 0) is 41.5 Å². The summed E-state index contributed by atoms with van der Waals surface area (Å²) in [5, 5.41) is 50.4. The number of nitrogens with one attached hydrogen (secondary N) is 4. The van der Waals surface area contributed by atoms with Crippen LogP contribution in [-0.2, 0) is 20.2 Å². The van der Waals surface area contributed by atoms with E-state index in [1.807, 2.05) is 12.1 Å². The van der Waals surface area contributed by atoms with E-state index >= 15 is 0 Å². The van der Waals surface area contributed by atoms with E-state index in [-0.39, 0.29) is 86.4 Å². The molecule has 4 aromatic rings. The van der Waals surface area contributed by atoms with Crippen LogP contribution in [0.3, 0.4) is 0 Å². The zero-order valence-corrected chi connectivity index (χ0v) is 35.2. The van der Waals surface area contributed by atoms with Crippen molar-refractivity contribution in [3.8, 4) is 0 Å². The van der Waals surface area contributed by atoms with Gasteiger partial charge in [-0.2, -0.15) is 16.8 Å². The predicted octanol–water partition coefficient (Wildman–Crippen LogP) is 1.51. The average Bonchev–Trinajstić information content (AvgIpc) is 3.25. The first-order chi connectivity index (χ1) is 30.2. The summed E-state index contributed by atoms with van der Waals surface area (Å²) in [5.41, 5.74) is 20.2. The maximum absolute atomic E-state index is 13.0. The van der Waals surface area contributed by atoms with Gasteiger partial charge in [0.15, 0.2) is 11.7 Å². The number of rotatable bonds is 18. The summed E-state index contributed by atoms with van der Waals surface area (Å²) in [6.45, 7) is -0.656. The maximum atomic E-state index is 13.0. The van der Waals surface area contributed by atoms with E-state index in [9.17, 15) is 46.4 Å². The smallest absolute Gasteiger partial charge is 0.297 e. The van der Waals surface area contributed by atoms with E-state index in [1.165, 1.54) is 59.0 Å². The van der Waals surface area contributed by atoms with Crippen LogP contribution in [0.15, 0.2) is 123 Å². The normalized spacial score (nSPS) is 14.3. The SMILES string of the molecule is Nc1c(C2=CC(N(CCO)CCO)=NN(Nc3ccccc3)N2)ccc(C=Cc2ccc(C3=CC(N(CCO)CCO)=NN(Nc4ccccc4)N3)cc2S(=O)(=O)O)c1S(=O)(=O)O. The summed E-state index contributed by atoms with van der Waals surface area (Å²) in [4.78, 5) is 1.93. The molecule has 12 N–H and O–H groups in total. The molecule has 0 saturated heterocycles. The molecule has 2 aliphatic heterocycles. The summed E-state index contributed by atoms with van der Waals surface area (Å²) >= 11 is 0. The number of aliphatic hydroxyl groups excluding tert-OH is 4. The van der Waals surface area contributed by atoms with Crippen molar-refractivity contribution in [1.82, 2.24) is 31.1 Å². The molecule has 2 aliphatic rings. The molecule has 0 bridgehead atoms. The van der Waals surface area contributed by atoms with Gasteiger partial charge in [0.05, 0.1) is 54.9 Å². The van der Waals surface area contributed by atoms with Crippen LogP contribution in [0.4, 0.5) is 17.1 Å². The molecule has 4 aromatic carbocycles. The highest BCUT2D eigenvalue weighted by Gasteiger charge is 2.27. The third-order valence-corrected chi connectivity index (χ3v) is 11.3.